The highest BCUT2D eigenvalue weighted by molar-refractivity contribution is 14.0. The van der Waals surface area contributed by atoms with Gasteiger partial charge in [-0.05, 0) is 31.2 Å². The molecule has 0 bridgehead atoms. The number of nitrogens with zero attached hydrogens (tertiary/aromatic N) is 1. The van der Waals surface area contributed by atoms with Gasteiger partial charge in [-0.3, -0.25) is 0 Å². The van der Waals surface area contributed by atoms with Crippen LogP contribution in [0.1, 0.15) is 6.92 Å². The molecule has 0 aromatic heterocycles. The first-order chi connectivity index (χ1) is 10.7. The summed E-state index contributed by atoms with van der Waals surface area (Å²) in [5.74, 6) is 1.88. The lowest BCUT2D eigenvalue weighted by atomic mass is 10.3. The van der Waals surface area contributed by atoms with E-state index in [0.29, 0.717) is 12.5 Å². The number of nitrogens with two attached hydrogens (primary N) is 1. The summed E-state index contributed by atoms with van der Waals surface area (Å²) in [6.07, 6.45) is -0.0942. The Morgan fingerprint density at radius 1 is 1.13 bits per heavy atom. The SMILES string of the molecule is COc1cccc(OC(C)CN=C(N)Nc2ccccc2)c1.I. The minimum Gasteiger partial charge on any atom is -0.497 e. The normalized spacial score (nSPS) is 12.0. The van der Waals surface area contributed by atoms with Crippen LogP contribution in [-0.4, -0.2) is 25.7 Å². The van der Waals surface area contributed by atoms with Gasteiger partial charge in [0.2, 0.25) is 0 Å². The van der Waals surface area contributed by atoms with Crippen molar-refractivity contribution in [3.8, 4) is 11.5 Å². The first-order valence-electron chi connectivity index (χ1n) is 7.10. The number of ether oxygens (including phenoxy) is 2. The number of methoxy groups -OCH3 is 1. The zero-order valence-corrected chi connectivity index (χ0v) is 15.6. The van der Waals surface area contributed by atoms with Crippen molar-refractivity contribution in [2.75, 3.05) is 19.0 Å². The fraction of sp³-hybridized carbons (Fsp3) is 0.235. The van der Waals surface area contributed by atoms with E-state index in [4.69, 9.17) is 15.2 Å². The first kappa shape index (κ1) is 19.1. The van der Waals surface area contributed by atoms with Crippen LogP contribution in [0.25, 0.3) is 0 Å². The summed E-state index contributed by atoms with van der Waals surface area (Å²) >= 11 is 0. The molecule has 124 valence electrons. The summed E-state index contributed by atoms with van der Waals surface area (Å²) in [6, 6.07) is 17.2. The number of para-hydroxylation sites is 1. The maximum Gasteiger partial charge on any atom is 0.193 e. The molecule has 0 aliphatic rings. The summed E-state index contributed by atoms with van der Waals surface area (Å²) < 4.78 is 11.0. The van der Waals surface area contributed by atoms with Crippen LogP contribution < -0.4 is 20.5 Å². The Bertz CT molecular complexity index is 620. The largest absolute Gasteiger partial charge is 0.497 e. The molecule has 0 aliphatic carbocycles. The number of aliphatic imine (C=N–C) groups is 1. The topological polar surface area (TPSA) is 68.9 Å². The minimum absolute atomic E-state index is 0. The third-order valence-electron chi connectivity index (χ3n) is 2.94. The van der Waals surface area contributed by atoms with Gasteiger partial charge in [-0.15, -0.1) is 24.0 Å². The molecule has 0 heterocycles. The quantitative estimate of drug-likeness (QED) is 0.421. The van der Waals surface area contributed by atoms with Gasteiger partial charge in [0.15, 0.2) is 5.96 Å². The molecule has 0 radical (unpaired) electrons. The molecule has 0 spiro atoms. The van der Waals surface area contributed by atoms with Crippen molar-refractivity contribution in [2.45, 2.75) is 13.0 Å². The summed E-state index contributed by atoms with van der Waals surface area (Å²) in [5, 5.41) is 3.03. The van der Waals surface area contributed by atoms with Crippen LogP contribution in [0.3, 0.4) is 0 Å². The molecule has 1 unspecified atom stereocenters. The maximum absolute atomic E-state index is 5.86. The van der Waals surface area contributed by atoms with E-state index in [1.54, 1.807) is 7.11 Å². The van der Waals surface area contributed by atoms with E-state index >= 15 is 0 Å². The molecule has 1 atom stereocenters. The smallest absolute Gasteiger partial charge is 0.193 e. The fourth-order valence-corrected chi connectivity index (χ4v) is 1.88. The van der Waals surface area contributed by atoms with Crippen LogP contribution in [0.2, 0.25) is 0 Å². The van der Waals surface area contributed by atoms with Gasteiger partial charge in [0.1, 0.15) is 17.6 Å². The molecular weight excluding hydrogens is 405 g/mol. The zero-order valence-electron chi connectivity index (χ0n) is 13.2. The molecule has 2 aromatic rings. The second-order valence-corrected chi connectivity index (χ2v) is 4.82. The van der Waals surface area contributed by atoms with Crippen molar-refractivity contribution in [1.29, 1.82) is 0 Å². The monoisotopic (exact) mass is 427 g/mol. The summed E-state index contributed by atoms with van der Waals surface area (Å²) in [7, 11) is 1.63. The van der Waals surface area contributed by atoms with E-state index < -0.39 is 0 Å². The maximum atomic E-state index is 5.86. The van der Waals surface area contributed by atoms with Crippen molar-refractivity contribution in [3.63, 3.8) is 0 Å². The molecule has 0 saturated carbocycles. The van der Waals surface area contributed by atoms with Gasteiger partial charge in [0, 0.05) is 11.8 Å². The molecule has 2 aromatic carbocycles. The second-order valence-electron chi connectivity index (χ2n) is 4.82. The number of benzene rings is 2. The highest BCUT2D eigenvalue weighted by Crippen LogP contribution is 2.19. The molecular formula is C17H22IN3O2. The standard InChI is InChI=1S/C17H21N3O2.HI/c1-13(22-16-10-6-9-15(11-16)21-2)12-19-17(18)20-14-7-4-3-5-8-14;/h3-11,13H,12H2,1-2H3,(H3,18,19,20);1H. The number of halogens is 1. The average Bonchev–Trinajstić information content (AvgIpc) is 2.54. The van der Waals surface area contributed by atoms with Gasteiger partial charge in [-0.25, -0.2) is 4.99 Å². The molecule has 23 heavy (non-hydrogen) atoms. The Labute approximate surface area is 153 Å². The van der Waals surface area contributed by atoms with Gasteiger partial charge in [0.25, 0.3) is 0 Å². The predicted octanol–water partition coefficient (Wildman–Crippen LogP) is 3.51. The molecule has 2 rings (SSSR count). The fourth-order valence-electron chi connectivity index (χ4n) is 1.88. The summed E-state index contributed by atoms with van der Waals surface area (Å²) in [4.78, 5) is 4.29. The second kappa shape index (κ2) is 9.94. The number of rotatable bonds is 6. The highest BCUT2D eigenvalue weighted by atomic mass is 127. The summed E-state index contributed by atoms with van der Waals surface area (Å²) in [6.45, 7) is 2.40. The van der Waals surface area contributed by atoms with Gasteiger partial charge in [-0.1, -0.05) is 24.3 Å². The first-order valence-corrected chi connectivity index (χ1v) is 7.10. The van der Waals surface area contributed by atoms with E-state index in [0.717, 1.165) is 17.2 Å². The van der Waals surface area contributed by atoms with Crippen LogP contribution in [0.15, 0.2) is 59.6 Å². The number of anilines is 1. The van der Waals surface area contributed by atoms with E-state index in [2.05, 4.69) is 10.3 Å². The lowest BCUT2D eigenvalue weighted by Gasteiger charge is -2.14. The van der Waals surface area contributed by atoms with Gasteiger partial charge in [0.05, 0.1) is 13.7 Å². The van der Waals surface area contributed by atoms with Crippen molar-refractivity contribution in [2.24, 2.45) is 10.7 Å². The van der Waals surface area contributed by atoms with Crippen molar-refractivity contribution >= 4 is 35.6 Å². The van der Waals surface area contributed by atoms with Crippen molar-refractivity contribution < 1.29 is 9.47 Å². The summed E-state index contributed by atoms with van der Waals surface area (Å²) in [5.41, 5.74) is 6.76. The Morgan fingerprint density at radius 2 is 1.83 bits per heavy atom. The van der Waals surface area contributed by atoms with Crippen LogP contribution >= 0.6 is 24.0 Å². The molecule has 0 fully saturated rings. The number of nitrogens with one attached hydrogen (secondary N) is 1. The molecule has 0 saturated heterocycles. The van der Waals surface area contributed by atoms with Gasteiger partial charge < -0.3 is 20.5 Å². The number of hydrogen-bond donors (Lipinski definition) is 2. The Kier molecular flexibility index (Phi) is 8.25. The van der Waals surface area contributed by atoms with E-state index in [1.807, 2.05) is 61.5 Å². The number of hydrogen-bond acceptors (Lipinski definition) is 3. The molecule has 0 amide bonds. The Morgan fingerprint density at radius 3 is 2.52 bits per heavy atom. The van der Waals surface area contributed by atoms with Crippen LogP contribution in [0.5, 0.6) is 11.5 Å². The lowest BCUT2D eigenvalue weighted by molar-refractivity contribution is 0.229. The van der Waals surface area contributed by atoms with Crippen LogP contribution in [0, 0.1) is 0 Å². The van der Waals surface area contributed by atoms with E-state index in [1.165, 1.54) is 0 Å². The minimum atomic E-state index is -0.0942. The molecule has 5 nitrogen and oxygen atoms in total. The lowest BCUT2D eigenvalue weighted by Crippen LogP contribution is -2.25. The van der Waals surface area contributed by atoms with Crippen molar-refractivity contribution in [3.05, 3.63) is 54.6 Å². The van der Waals surface area contributed by atoms with E-state index in [-0.39, 0.29) is 30.1 Å². The van der Waals surface area contributed by atoms with E-state index in [9.17, 15) is 0 Å². The predicted molar refractivity (Wildman–Crippen MR) is 105 cm³/mol. The Balaban J connectivity index is 0.00000264. The molecule has 3 N–H and O–H groups in total. The third kappa shape index (κ3) is 6.77. The van der Waals surface area contributed by atoms with Gasteiger partial charge in [-0.2, -0.15) is 0 Å². The van der Waals surface area contributed by atoms with Crippen molar-refractivity contribution in [1.82, 2.24) is 0 Å². The molecule has 0 aliphatic heterocycles. The molecule has 6 heteroatoms. The van der Waals surface area contributed by atoms with Gasteiger partial charge >= 0.3 is 0 Å². The van der Waals surface area contributed by atoms with Crippen LogP contribution in [0.4, 0.5) is 5.69 Å². The van der Waals surface area contributed by atoms with Crippen LogP contribution in [-0.2, 0) is 0 Å². The third-order valence-corrected chi connectivity index (χ3v) is 2.94. The Hall–Kier alpha value is -1.96. The highest BCUT2D eigenvalue weighted by Gasteiger charge is 2.05. The zero-order chi connectivity index (χ0) is 15.8. The number of guanidine groups is 1. The average molecular weight is 427 g/mol.